The number of anilines is 1. The van der Waals surface area contributed by atoms with E-state index in [9.17, 15) is 0 Å². The Morgan fingerprint density at radius 1 is 0.897 bits per heavy atom. The van der Waals surface area contributed by atoms with Gasteiger partial charge in [-0.3, -0.25) is 4.90 Å². The fourth-order valence-corrected chi connectivity index (χ4v) is 3.56. The fourth-order valence-electron chi connectivity index (χ4n) is 3.56. The highest BCUT2D eigenvalue weighted by Gasteiger charge is 2.11. The van der Waals surface area contributed by atoms with Crippen LogP contribution in [0.3, 0.4) is 0 Å². The minimum atomic E-state index is 0.664. The molecule has 2 N–H and O–H groups in total. The second-order valence-corrected chi connectivity index (χ2v) is 7.91. The lowest BCUT2D eigenvalue weighted by Crippen LogP contribution is -2.36. The predicted octanol–water partition coefficient (Wildman–Crippen LogP) is 3.60. The van der Waals surface area contributed by atoms with E-state index in [0.29, 0.717) is 6.54 Å². The van der Waals surface area contributed by atoms with Crippen LogP contribution in [0.4, 0.5) is 5.69 Å². The molecule has 1 aliphatic heterocycles. The van der Waals surface area contributed by atoms with Crippen molar-refractivity contribution in [3.8, 4) is 0 Å². The van der Waals surface area contributed by atoms with Gasteiger partial charge >= 0.3 is 0 Å². The number of benzene rings is 2. The van der Waals surface area contributed by atoms with E-state index < -0.39 is 0 Å². The van der Waals surface area contributed by atoms with Gasteiger partial charge in [-0.2, -0.15) is 0 Å². The van der Waals surface area contributed by atoms with E-state index >= 15 is 0 Å². The summed E-state index contributed by atoms with van der Waals surface area (Å²) in [5, 5.41) is 6.79. The van der Waals surface area contributed by atoms with Crippen molar-refractivity contribution in [1.29, 1.82) is 0 Å². The van der Waals surface area contributed by atoms with Gasteiger partial charge in [0.15, 0.2) is 5.96 Å². The van der Waals surface area contributed by atoms with Gasteiger partial charge in [-0.1, -0.05) is 36.4 Å². The number of hydrogen-bond donors (Lipinski definition) is 2. The molecular formula is C24H35N5. The zero-order valence-corrected chi connectivity index (χ0v) is 18.1. The maximum atomic E-state index is 4.73. The van der Waals surface area contributed by atoms with E-state index in [1.165, 1.54) is 48.3 Å². The van der Waals surface area contributed by atoms with Crippen LogP contribution in [0.15, 0.2) is 53.5 Å². The molecule has 2 aromatic carbocycles. The number of nitrogens with zero attached hydrogens (tertiary/aromatic N) is 3. The Labute approximate surface area is 175 Å². The van der Waals surface area contributed by atoms with Gasteiger partial charge in [0.25, 0.3) is 0 Å². The number of guanidine groups is 1. The molecule has 156 valence electrons. The van der Waals surface area contributed by atoms with Crippen molar-refractivity contribution in [2.45, 2.75) is 39.4 Å². The molecule has 1 aliphatic rings. The van der Waals surface area contributed by atoms with Crippen molar-refractivity contribution in [2.75, 3.05) is 38.6 Å². The summed E-state index contributed by atoms with van der Waals surface area (Å²) in [6.07, 6.45) is 2.68. The first-order valence-electron chi connectivity index (χ1n) is 10.7. The van der Waals surface area contributed by atoms with E-state index in [1.54, 1.807) is 0 Å². The SMILES string of the molecule is CCNC(=NCc1ccc(N(C)C)cc1)NCc1ccc(CN2CCCC2)cc1. The molecule has 0 atom stereocenters. The molecule has 0 saturated carbocycles. The van der Waals surface area contributed by atoms with Crippen LogP contribution in [0, 0.1) is 0 Å². The highest BCUT2D eigenvalue weighted by atomic mass is 15.2. The molecule has 5 nitrogen and oxygen atoms in total. The van der Waals surface area contributed by atoms with Crippen LogP contribution in [0.1, 0.15) is 36.5 Å². The van der Waals surface area contributed by atoms with Crippen LogP contribution < -0.4 is 15.5 Å². The number of aliphatic imine (C=N–C) groups is 1. The molecule has 0 unspecified atom stereocenters. The first-order chi connectivity index (χ1) is 14.1. The second kappa shape index (κ2) is 10.9. The van der Waals surface area contributed by atoms with Gasteiger partial charge in [-0.05, 0) is 61.7 Å². The third-order valence-corrected chi connectivity index (χ3v) is 5.30. The molecule has 0 bridgehead atoms. The Morgan fingerprint density at radius 3 is 2.14 bits per heavy atom. The summed E-state index contributed by atoms with van der Waals surface area (Å²) < 4.78 is 0. The summed E-state index contributed by atoms with van der Waals surface area (Å²) in [4.78, 5) is 9.38. The Balaban J connectivity index is 1.52. The Kier molecular flexibility index (Phi) is 7.94. The minimum Gasteiger partial charge on any atom is -0.378 e. The summed E-state index contributed by atoms with van der Waals surface area (Å²) >= 11 is 0. The zero-order valence-electron chi connectivity index (χ0n) is 18.1. The summed E-state index contributed by atoms with van der Waals surface area (Å²) in [6, 6.07) is 17.5. The number of rotatable bonds is 8. The minimum absolute atomic E-state index is 0.664. The van der Waals surface area contributed by atoms with Crippen molar-refractivity contribution in [1.82, 2.24) is 15.5 Å². The highest BCUT2D eigenvalue weighted by molar-refractivity contribution is 5.79. The van der Waals surface area contributed by atoms with Crippen molar-refractivity contribution in [3.63, 3.8) is 0 Å². The standard InChI is InChI=1S/C24H35N5/c1-4-25-24(27-18-21-11-13-23(14-12-21)28(2)3)26-17-20-7-9-22(10-8-20)19-29-15-5-6-16-29/h7-14H,4-6,15-19H2,1-3H3,(H2,25,26,27). The first kappa shape index (κ1) is 21.2. The topological polar surface area (TPSA) is 42.9 Å². The molecule has 0 amide bonds. The second-order valence-electron chi connectivity index (χ2n) is 7.91. The smallest absolute Gasteiger partial charge is 0.191 e. The van der Waals surface area contributed by atoms with E-state index in [4.69, 9.17) is 4.99 Å². The molecule has 29 heavy (non-hydrogen) atoms. The molecule has 1 fully saturated rings. The molecular weight excluding hydrogens is 358 g/mol. The largest absolute Gasteiger partial charge is 0.378 e. The quantitative estimate of drug-likeness (QED) is 0.531. The Hall–Kier alpha value is -2.53. The summed E-state index contributed by atoms with van der Waals surface area (Å²) in [5.74, 6) is 0.852. The van der Waals surface area contributed by atoms with Crippen LogP contribution in [-0.4, -0.2) is 44.6 Å². The average molecular weight is 394 g/mol. The summed E-state index contributed by atoms with van der Waals surface area (Å²) in [5.41, 5.74) is 5.09. The van der Waals surface area contributed by atoms with Gasteiger partial charge < -0.3 is 15.5 Å². The average Bonchev–Trinajstić information content (AvgIpc) is 3.24. The van der Waals surface area contributed by atoms with Gasteiger partial charge in [0, 0.05) is 39.4 Å². The Bertz CT molecular complexity index is 759. The molecule has 0 radical (unpaired) electrons. The van der Waals surface area contributed by atoms with Crippen LogP contribution in [-0.2, 0) is 19.6 Å². The third kappa shape index (κ3) is 6.79. The maximum absolute atomic E-state index is 4.73. The molecule has 0 spiro atoms. The van der Waals surface area contributed by atoms with Gasteiger partial charge in [-0.25, -0.2) is 4.99 Å². The zero-order chi connectivity index (χ0) is 20.5. The number of nitrogens with one attached hydrogen (secondary N) is 2. The van der Waals surface area contributed by atoms with Crippen molar-refractivity contribution in [3.05, 3.63) is 65.2 Å². The molecule has 1 heterocycles. The highest BCUT2D eigenvalue weighted by Crippen LogP contribution is 2.14. The molecule has 0 aliphatic carbocycles. The van der Waals surface area contributed by atoms with E-state index in [-0.39, 0.29) is 0 Å². The van der Waals surface area contributed by atoms with Crippen LogP contribution in [0.2, 0.25) is 0 Å². The summed E-state index contributed by atoms with van der Waals surface area (Å²) in [7, 11) is 4.11. The van der Waals surface area contributed by atoms with Crippen LogP contribution in [0.5, 0.6) is 0 Å². The van der Waals surface area contributed by atoms with E-state index in [1.807, 2.05) is 0 Å². The van der Waals surface area contributed by atoms with E-state index in [2.05, 4.69) is 90.0 Å². The van der Waals surface area contributed by atoms with Crippen molar-refractivity contribution < 1.29 is 0 Å². The number of likely N-dealkylation sites (tertiary alicyclic amines) is 1. The fraction of sp³-hybridized carbons (Fsp3) is 0.458. The van der Waals surface area contributed by atoms with E-state index in [0.717, 1.165) is 25.6 Å². The van der Waals surface area contributed by atoms with Crippen LogP contribution >= 0.6 is 0 Å². The van der Waals surface area contributed by atoms with Gasteiger partial charge in [0.05, 0.1) is 6.54 Å². The van der Waals surface area contributed by atoms with Gasteiger partial charge in [0.2, 0.25) is 0 Å². The number of hydrogen-bond acceptors (Lipinski definition) is 3. The van der Waals surface area contributed by atoms with Crippen molar-refractivity contribution >= 4 is 11.6 Å². The van der Waals surface area contributed by atoms with Gasteiger partial charge in [-0.15, -0.1) is 0 Å². The first-order valence-corrected chi connectivity index (χ1v) is 10.7. The normalized spacial score (nSPS) is 14.8. The maximum Gasteiger partial charge on any atom is 0.191 e. The Morgan fingerprint density at radius 2 is 1.52 bits per heavy atom. The van der Waals surface area contributed by atoms with Crippen LogP contribution in [0.25, 0.3) is 0 Å². The molecule has 5 heteroatoms. The van der Waals surface area contributed by atoms with Gasteiger partial charge in [0.1, 0.15) is 0 Å². The lowest BCUT2D eigenvalue weighted by Gasteiger charge is -2.15. The third-order valence-electron chi connectivity index (χ3n) is 5.30. The summed E-state index contributed by atoms with van der Waals surface area (Å²) in [6.45, 7) is 7.93. The van der Waals surface area contributed by atoms with Crippen molar-refractivity contribution in [2.24, 2.45) is 4.99 Å². The molecule has 2 aromatic rings. The lowest BCUT2D eigenvalue weighted by molar-refractivity contribution is 0.331. The monoisotopic (exact) mass is 393 g/mol. The lowest BCUT2D eigenvalue weighted by atomic mass is 10.1. The molecule has 1 saturated heterocycles. The molecule has 0 aromatic heterocycles. The molecule has 3 rings (SSSR count). The predicted molar refractivity (Wildman–Crippen MR) is 123 cm³/mol.